The Hall–Kier alpha value is -1.46. The molecule has 0 aromatic heterocycles. The van der Waals surface area contributed by atoms with Crippen molar-refractivity contribution in [3.8, 4) is 0 Å². The molecule has 1 rings (SSSR count). The number of ether oxygens (including phenoxy) is 1. The van der Waals surface area contributed by atoms with E-state index in [-0.39, 0.29) is 35.4 Å². The van der Waals surface area contributed by atoms with Crippen molar-refractivity contribution in [3.63, 3.8) is 0 Å². The predicted octanol–water partition coefficient (Wildman–Crippen LogP) is 3.98. The standard InChI is InChI=1S/C23H38O5/c1-5-6-15-23(2,3)21(26)14-13-18-17(19(24)16-20(18)25)11-9-7-8-10-12-22(27)28-4/h10,12-14,17-18,20-21,25-26H,5-9,11,15-16H2,1-4H3/b12-10+,14-13+/t17-,18-,20-,21+/m1/s1. The van der Waals surface area contributed by atoms with Gasteiger partial charge in [-0.2, -0.15) is 0 Å². The Morgan fingerprint density at radius 2 is 2.04 bits per heavy atom. The van der Waals surface area contributed by atoms with Crippen molar-refractivity contribution in [3.05, 3.63) is 24.3 Å². The molecule has 5 nitrogen and oxygen atoms in total. The smallest absolute Gasteiger partial charge is 0.330 e. The fraction of sp³-hybridized carbons (Fsp3) is 0.739. The van der Waals surface area contributed by atoms with Gasteiger partial charge in [-0.25, -0.2) is 4.79 Å². The second kappa shape index (κ2) is 12.2. The second-order valence-electron chi connectivity index (χ2n) is 8.55. The summed E-state index contributed by atoms with van der Waals surface area (Å²) in [6.45, 7) is 6.23. The zero-order valence-electron chi connectivity index (χ0n) is 17.9. The minimum Gasteiger partial charge on any atom is -0.466 e. The van der Waals surface area contributed by atoms with Crippen LogP contribution in [0, 0.1) is 17.3 Å². The summed E-state index contributed by atoms with van der Waals surface area (Å²) < 4.78 is 4.54. The first-order valence-electron chi connectivity index (χ1n) is 10.5. The van der Waals surface area contributed by atoms with Crippen molar-refractivity contribution < 1.29 is 24.5 Å². The highest BCUT2D eigenvalue weighted by Gasteiger charge is 2.39. The van der Waals surface area contributed by atoms with E-state index >= 15 is 0 Å². The van der Waals surface area contributed by atoms with Crippen molar-refractivity contribution in [2.24, 2.45) is 17.3 Å². The average Bonchev–Trinajstić information content (AvgIpc) is 2.93. The minimum atomic E-state index is -0.668. The Morgan fingerprint density at radius 1 is 1.32 bits per heavy atom. The lowest BCUT2D eigenvalue weighted by molar-refractivity contribution is -0.134. The van der Waals surface area contributed by atoms with Gasteiger partial charge in [0.15, 0.2) is 0 Å². The highest BCUT2D eigenvalue weighted by molar-refractivity contribution is 5.84. The first-order valence-corrected chi connectivity index (χ1v) is 10.5. The van der Waals surface area contributed by atoms with E-state index in [9.17, 15) is 19.8 Å². The molecule has 0 aromatic carbocycles. The van der Waals surface area contributed by atoms with Crippen LogP contribution in [0.5, 0.6) is 0 Å². The lowest BCUT2D eigenvalue weighted by atomic mass is 9.80. The second-order valence-corrected chi connectivity index (χ2v) is 8.55. The molecule has 0 bridgehead atoms. The fourth-order valence-electron chi connectivity index (χ4n) is 3.74. The first kappa shape index (κ1) is 24.6. The molecule has 0 aromatic rings. The van der Waals surface area contributed by atoms with Crippen molar-refractivity contribution in [1.29, 1.82) is 0 Å². The van der Waals surface area contributed by atoms with Crippen LogP contribution in [-0.2, 0) is 14.3 Å². The molecule has 0 amide bonds. The van der Waals surface area contributed by atoms with E-state index in [1.807, 2.05) is 19.9 Å². The van der Waals surface area contributed by atoms with Gasteiger partial charge >= 0.3 is 5.97 Å². The molecule has 1 aliphatic rings. The number of methoxy groups -OCH3 is 1. The third-order valence-corrected chi connectivity index (χ3v) is 5.81. The van der Waals surface area contributed by atoms with Crippen molar-refractivity contribution in [2.45, 2.75) is 84.3 Å². The van der Waals surface area contributed by atoms with Crippen LogP contribution in [0.1, 0.15) is 72.1 Å². The van der Waals surface area contributed by atoms with Crippen LogP contribution in [-0.4, -0.2) is 41.3 Å². The van der Waals surface area contributed by atoms with Crippen molar-refractivity contribution in [2.75, 3.05) is 7.11 Å². The van der Waals surface area contributed by atoms with E-state index in [0.29, 0.717) is 6.42 Å². The summed E-state index contributed by atoms with van der Waals surface area (Å²) >= 11 is 0. The summed E-state index contributed by atoms with van der Waals surface area (Å²) in [7, 11) is 1.35. The maximum atomic E-state index is 12.3. The number of aliphatic hydroxyl groups excluding tert-OH is 2. The van der Waals surface area contributed by atoms with Gasteiger partial charge in [0.1, 0.15) is 5.78 Å². The molecule has 1 fully saturated rings. The summed E-state index contributed by atoms with van der Waals surface area (Å²) in [6, 6.07) is 0. The number of Topliss-reactive ketones (excluding diaryl/α,β-unsaturated/α-hetero) is 1. The van der Waals surface area contributed by atoms with Gasteiger partial charge in [0, 0.05) is 24.3 Å². The van der Waals surface area contributed by atoms with Crippen LogP contribution in [0.3, 0.4) is 0 Å². The molecule has 5 heteroatoms. The number of hydrogen-bond acceptors (Lipinski definition) is 5. The number of esters is 1. The zero-order chi connectivity index (χ0) is 21.2. The molecular formula is C23H38O5. The summed E-state index contributed by atoms with van der Waals surface area (Å²) in [5, 5.41) is 20.8. The Balaban J connectivity index is 2.57. The monoisotopic (exact) mass is 394 g/mol. The molecule has 28 heavy (non-hydrogen) atoms. The van der Waals surface area contributed by atoms with Gasteiger partial charge in [0.25, 0.3) is 0 Å². The molecule has 0 saturated heterocycles. The van der Waals surface area contributed by atoms with Gasteiger partial charge in [0.2, 0.25) is 0 Å². The number of rotatable bonds is 12. The van der Waals surface area contributed by atoms with Gasteiger partial charge in [0.05, 0.1) is 19.3 Å². The predicted molar refractivity (Wildman–Crippen MR) is 111 cm³/mol. The number of aliphatic hydroxyl groups is 2. The molecule has 4 atom stereocenters. The summed E-state index contributed by atoms with van der Waals surface area (Å²) in [4.78, 5) is 23.3. The maximum absolute atomic E-state index is 12.3. The zero-order valence-corrected chi connectivity index (χ0v) is 17.9. The van der Waals surface area contributed by atoms with E-state index in [1.54, 1.807) is 12.2 Å². The highest BCUT2D eigenvalue weighted by Crippen LogP contribution is 2.35. The fourth-order valence-corrected chi connectivity index (χ4v) is 3.74. The maximum Gasteiger partial charge on any atom is 0.330 e. The van der Waals surface area contributed by atoms with Crippen molar-refractivity contribution in [1.82, 2.24) is 0 Å². The summed E-state index contributed by atoms with van der Waals surface area (Å²) in [5.74, 6) is -0.678. The number of ketones is 1. The van der Waals surface area contributed by atoms with E-state index in [2.05, 4.69) is 11.7 Å². The number of unbranched alkanes of at least 4 members (excludes halogenated alkanes) is 3. The van der Waals surface area contributed by atoms with Gasteiger partial charge in [-0.05, 0) is 31.1 Å². The molecule has 2 N–H and O–H groups in total. The molecule has 1 aliphatic carbocycles. The number of carbonyl (C=O) groups is 2. The van der Waals surface area contributed by atoms with Gasteiger partial charge in [-0.15, -0.1) is 0 Å². The Labute approximate surface area is 169 Å². The molecule has 0 radical (unpaired) electrons. The molecule has 0 spiro atoms. The average molecular weight is 395 g/mol. The Morgan fingerprint density at radius 3 is 2.68 bits per heavy atom. The number of allylic oxidation sites excluding steroid dienone is 1. The molecule has 0 aliphatic heterocycles. The highest BCUT2D eigenvalue weighted by atomic mass is 16.5. The van der Waals surface area contributed by atoms with Gasteiger partial charge < -0.3 is 14.9 Å². The third kappa shape index (κ3) is 7.88. The largest absolute Gasteiger partial charge is 0.466 e. The molecule has 1 saturated carbocycles. The van der Waals surface area contributed by atoms with Crippen LogP contribution in [0.4, 0.5) is 0 Å². The van der Waals surface area contributed by atoms with Crippen LogP contribution < -0.4 is 0 Å². The van der Waals surface area contributed by atoms with E-state index in [4.69, 9.17) is 0 Å². The number of hydrogen-bond donors (Lipinski definition) is 2. The van der Waals surface area contributed by atoms with Crippen LogP contribution in [0.25, 0.3) is 0 Å². The first-order chi connectivity index (χ1) is 13.2. The van der Waals surface area contributed by atoms with Crippen LogP contribution >= 0.6 is 0 Å². The van der Waals surface area contributed by atoms with E-state index in [1.165, 1.54) is 13.2 Å². The number of carbonyl (C=O) groups excluding carboxylic acids is 2. The van der Waals surface area contributed by atoms with Crippen LogP contribution in [0.15, 0.2) is 24.3 Å². The Kier molecular flexibility index (Phi) is 10.7. The molecule has 0 unspecified atom stereocenters. The normalized spacial score (nSPS) is 24.4. The SMILES string of the molecule is CCCCC(C)(C)[C@@H](O)/C=C/[C@H]1[C@H](O)CC(=O)[C@@H]1CCCC/C=C/C(=O)OC. The summed E-state index contributed by atoms with van der Waals surface area (Å²) in [6.07, 6.45) is 12.0. The minimum absolute atomic E-state index is 0.104. The topological polar surface area (TPSA) is 83.8 Å². The lowest BCUT2D eigenvalue weighted by Gasteiger charge is -2.29. The third-order valence-electron chi connectivity index (χ3n) is 5.81. The van der Waals surface area contributed by atoms with Crippen LogP contribution in [0.2, 0.25) is 0 Å². The molecule has 160 valence electrons. The van der Waals surface area contributed by atoms with E-state index in [0.717, 1.165) is 38.5 Å². The van der Waals surface area contributed by atoms with E-state index < -0.39 is 12.2 Å². The van der Waals surface area contributed by atoms with Crippen molar-refractivity contribution >= 4 is 11.8 Å². The lowest BCUT2D eigenvalue weighted by Crippen LogP contribution is -2.28. The molecule has 0 heterocycles. The quantitative estimate of drug-likeness (QED) is 0.226. The molecular weight excluding hydrogens is 356 g/mol. The summed E-state index contributed by atoms with van der Waals surface area (Å²) in [5.41, 5.74) is -0.221. The van der Waals surface area contributed by atoms with Gasteiger partial charge in [-0.1, -0.05) is 58.3 Å². The van der Waals surface area contributed by atoms with Gasteiger partial charge in [-0.3, -0.25) is 4.79 Å². The Bertz CT molecular complexity index is 549.